The number of hydrogen-bond donors (Lipinski definition) is 1. The number of hydrogen-bond acceptors (Lipinski definition) is 2. The number of methoxy groups -OCH3 is 1. The predicted molar refractivity (Wildman–Crippen MR) is 63.2 cm³/mol. The van der Waals surface area contributed by atoms with Gasteiger partial charge in [-0.05, 0) is 36.6 Å². The van der Waals surface area contributed by atoms with Gasteiger partial charge in [0.1, 0.15) is 5.75 Å². The van der Waals surface area contributed by atoms with Crippen LogP contribution in [0.15, 0.2) is 12.1 Å². The summed E-state index contributed by atoms with van der Waals surface area (Å²) in [7, 11) is 1.30. The van der Waals surface area contributed by atoms with Gasteiger partial charge in [-0.2, -0.15) is 13.2 Å². The minimum atomic E-state index is -4.39. The Kier molecular flexibility index (Phi) is 3.73. The second-order valence-corrected chi connectivity index (χ2v) is 4.67. The number of benzene rings is 1. The monoisotopic (exact) mass is 279 g/mol. The van der Waals surface area contributed by atoms with Gasteiger partial charge in [-0.15, -0.1) is 0 Å². The van der Waals surface area contributed by atoms with Crippen LogP contribution in [0, 0.1) is 0 Å². The van der Waals surface area contributed by atoms with Gasteiger partial charge >= 0.3 is 6.18 Å². The number of halogens is 4. The molecule has 0 saturated carbocycles. The molecule has 2 nitrogen and oxygen atoms in total. The van der Waals surface area contributed by atoms with Crippen LogP contribution in [0.3, 0.4) is 0 Å². The molecule has 1 unspecified atom stereocenters. The van der Waals surface area contributed by atoms with E-state index in [2.05, 4.69) is 5.32 Å². The minimum Gasteiger partial charge on any atom is -0.495 e. The molecule has 1 aromatic carbocycles. The third-order valence-corrected chi connectivity index (χ3v) is 3.42. The molecular formula is C12H13ClF3NO. The van der Waals surface area contributed by atoms with E-state index in [1.165, 1.54) is 13.2 Å². The van der Waals surface area contributed by atoms with E-state index in [0.717, 1.165) is 12.6 Å². The maximum Gasteiger partial charge on any atom is 0.416 e. The first-order valence-corrected chi connectivity index (χ1v) is 5.96. The molecule has 2 rings (SSSR count). The summed E-state index contributed by atoms with van der Waals surface area (Å²) >= 11 is 5.92. The molecule has 1 fully saturated rings. The second-order valence-electron chi connectivity index (χ2n) is 4.26. The number of rotatable bonds is 2. The van der Waals surface area contributed by atoms with E-state index in [9.17, 15) is 13.2 Å². The van der Waals surface area contributed by atoms with Gasteiger partial charge in [0.2, 0.25) is 0 Å². The summed E-state index contributed by atoms with van der Waals surface area (Å²) in [6, 6.07) is 2.36. The average Bonchev–Trinajstić information content (AvgIpc) is 2.80. The Balaban J connectivity index is 2.52. The fourth-order valence-corrected chi connectivity index (χ4v) is 2.48. The van der Waals surface area contributed by atoms with Gasteiger partial charge < -0.3 is 10.1 Å². The van der Waals surface area contributed by atoms with Gasteiger partial charge in [0.25, 0.3) is 0 Å². The van der Waals surface area contributed by atoms with Crippen molar-refractivity contribution in [1.82, 2.24) is 5.32 Å². The van der Waals surface area contributed by atoms with E-state index in [1.54, 1.807) is 0 Å². The van der Waals surface area contributed by atoms with Gasteiger partial charge in [-0.3, -0.25) is 0 Å². The van der Waals surface area contributed by atoms with Crippen LogP contribution < -0.4 is 10.1 Å². The van der Waals surface area contributed by atoms with Crippen LogP contribution in [-0.4, -0.2) is 20.2 Å². The molecule has 100 valence electrons. The molecule has 0 spiro atoms. The summed E-state index contributed by atoms with van der Waals surface area (Å²) in [6.07, 6.45) is -3.71. The Morgan fingerprint density at radius 2 is 2.11 bits per heavy atom. The first-order chi connectivity index (χ1) is 8.43. The Morgan fingerprint density at radius 1 is 1.39 bits per heavy atom. The van der Waals surface area contributed by atoms with Crippen molar-refractivity contribution in [3.8, 4) is 5.75 Å². The van der Waals surface area contributed by atoms with E-state index in [1.807, 2.05) is 0 Å². The zero-order chi connectivity index (χ0) is 13.3. The van der Waals surface area contributed by atoms with Crippen LogP contribution in [-0.2, 0) is 6.18 Å². The lowest BCUT2D eigenvalue weighted by molar-refractivity contribution is -0.138. The molecule has 18 heavy (non-hydrogen) atoms. The van der Waals surface area contributed by atoms with Crippen LogP contribution in [0.4, 0.5) is 13.2 Å². The zero-order valence-electron chi connectivity index (χ0n) is 9.77. The molecule has 0 amide bonds. The highest BCUT2D eigenvalue weighted by Gasteiger charge is 2.37. The van der Waals surface area contributed by atoms with Crippen molar-refractivity contribution in [2.75, 3.05) is 20.2 Å². The van der Waals surface area contributed by atoms with Crippen LogP contribution in [0.1, 0.15) is 23.5 Å². The summed E-state index contributed by atoms with van der Waals surface area (Å²) in [5.41, 5.74) is -0.407. The Labute approximate surface area is 108 Å². The maximum atomic E-state index is 13.0. The lowest BCUT2D eigenvalue weighted by Gasteiger charge is -2.19. The van der Waals surface area contributed by atoms with Gasteiger partial charge in [-0.25, -0.2) is 0 Å². The van der Waals surface area contributed by atoms with E-state index in [4.69, 9.17) is 16.3 Å². The van der Waals surface area contributed by atoms with Crippen molar-refractivity contribution in [1.29, 1.82) is 0 Å². The zero-order valence-corrected chi connectivity index (χ0v) is 10.5. The largest absolute Gasteiger partial charge is 0.495 e. The van der Waals surface area contributed by atoms with E-state index in [0.29, 0.717) is 13.0 Å². The highest BCUT2D eigenvalue weighted by atomic mass is 35.5. The van der Waals surface area contributed by atoms with Gasteiger partial charge in [0.15, 0.2) is 0 Å². The molecule has 1 saturated heterocycles. The van der Waals surface area contributed by atoms with Crippen LogP contribution in [0.25, 0.3) is 0 Å². The first-order valence-electron chi connectivity index (χ1n) is 5.59. The second kappa shape index (κ2) is 4.97. The van der Waals surface area contributed by atoms with E-state index < -0.39 is 11.7 Å². The topological polar surface area (TPSA) is 21.3 Å². The van der Waals surface area contributed by atoms with Crippen LogP contribution >= 0.6 is 11.6 Å². The van der Waals surface area contributed by atoms with Crippen molar-refractivity contribution in [3.63, 3.8) is 0 Å². The molecule has 1 heterocycles. The average molecular weight is 280 g/mol. The van der Waals surface area contributed by atoms with Crippen molar-refractivity contribution >= 4 is 11.6 Å². The van der Waals surface area contributed by atoms with Crippen molar-refractivity contribution in [2.45, 2.75) is 18.5 Å². The Bertz CT molecular complexity index is 442. The first kappa shape index (κ1) is 13.5. The number of ether oxygens (including phenoxy) is 1. The normalized spacial score (nSPS) is 20.2. The van der Waals surface area contributed by atoms with Crippen LogP contribution in [0.2, 0.25) is 5.02 Å². The lowest BCUT2D eigenvalue weighted by Crippen LogP contribution is -2.14. The minimum absolute atomic E-state index is 0.0543. The molecule has 1 aliphatic heterocycles. The third kappa shape index (κ3) is 2.57. The standard InChI is InChI=1S/C12H13ClF3NO/c1-18-11-5-9(12(14,15)16)8(4-10(11)13)7-2-3-17-6-7/h4-5,7,17H,2-3,6H2,1H3. The Hall–Kier alpha value is -0.940. The van der Waals surface area contributed by atoms with Gasteiger partial charge in [-0.1, -0.05) is 11.6 Å². The maximum absolute atomic E-state index is 13.0. The summed E-state index contributed by atoms with van der Waals surface area (Å²) in [6.45, 7) is 1.28. The highest BCUT2D eigenvalue weighted by Crippen LogP contribution is 2.41. The molecule has 1 aliphatic rings. The van der Waals surface area contributed by atoms with Crippen molar-refractivity contribution in [2.24, 2.45) is 0 Å². The fraction of sp³-hybridized carbons (Fsp3) is 0.500. The summed E-state index contributed by atoms with van der Waals surface area (Å²) in [5.74, 6) is -0.0938. The highest BCUT2D eigenvalue weighted by molar-refractivity contribution is 6.32. The quantitative estimate of drug-likeness (QED) is 0.895. The molecule has 0 aromatic heterocycles. The molecular weight excluding hydrogens is 267 g/mol. The molecule has 1 aromatic rings. The SMILES string of the molecule is COc1cc(C(F)(F)F)c(C2CCNC2)cc1Cl. The van der Waals surface area contributed by atoms with Crippen molar-refractivity contribution in [3.05, 3.63) is 28.3 Å². The predicted octanol–water partition coefficient (Wildman–Crippen LogP) is 3.44. The summed E-state index contributed by atoms with van der Waals surface area (Å²) < 4.78 is 43.9. The van der Waals surface area contributed by atoms with Crippen LogP contribution in [0.5, 0.6) is 5.75 Å². The Morgan fingerprint density at radius 3 is 2.61 bits per heavy atom. The van der Waals surface area contributed by atoms with Crippen molar-refractivity contribution < 1.29 is 17.9 Å². The summed E-state index contributed by atoms with van der Waals surface area (Å²) in [5, 5.41) is 3.27. The molecule has 0 aliphatic carbocycles. The molecule has 6 heteroatoms. The molecule has 1 atom stereocenters. The third-order valence-electron chi connectivity index (χ3n) is 3.13. The number of alkyl halides is 3. The smallest absolute Gasteiger partial charge is 0.416 e. The molecule has 0 bridgehead atoms. The van der Waals surface area contributed by atoms with Gasteiger partial charge in [0.05, 0.1) is 17.7 Å². The molecule has 0 radical (unpaired) electrons. The van der Waals surface area contributed by atoms with Gasteiger partial charge in [0, 0.05) is 6.54 Å². The van der Waals surface area contributed by atoms with E-state index in [-0.39, 0.29) is 22.3 Å². The summed E-state index contributed by atoms with van der Waals surface area (Å²) in [4.78, 5) is 0. The van der Waals surface area contributed by atoms with E-state index >= 15 is 0 Å². The fourth-order valence-electron chi connectivity index (χ4n) is 2.23. The lowest BCUT2D eigenvalue weighted by atomic mass is 9.93. The molecule has 1 N–H and O–H groups in total. The number of nitrogens with one attached hydrogen (secondary N) is 1.